The summed E-state index contributed by atoms with van der Waals surface area (Å²) in [7, 11) is 0. The third-order valence-corrected chi connectivity index (χ3v) is 2.91. The minimum atomic E-state index is -1.07. The number of nitrogens with zero attached hydrogens (tertiary/aromatic N) is 4. The number of pyridine rings is 1. The number of hydrogen-bond donors (Lipinski definition) is 2. The highest BCUT2D eigenvalue weighted by molar-refractivity contribution is 6.34. The third kappa shape index (κ3) is 3.05. The molecule has 0 aromatic carbocycles. The fraction of sp³-hybridized carbons (Fsp3) is 0.167. The Labute approximate surface area is 119 Å². The smallest absolute Gasteiger partial charge is 0.356 e. The Morgan fingerprint density at radius 1 is 1.55 bits per heavy atom. The zero-order valence-corrected chi connectivity index (χ0v) is 11.0. The molecule has 0 saturated carbocycles. The molecule has 0 fully saturated rings. The lowest BCUT2D eigenvalue weighted by Crippen LogP contribution is -2.11. The van der Waals surface area contributed by atoms with Crippen LogP contribution in [0.4, 0.5) is 5.82 Å². The van der Waals surface area contributed by atoms with E-state index < -0.39 is 5.97 Å². The predicted molar refractivity (Wildman–Crippen MR) is 71.6 cm³/mol. The van der Waals surface area contributed by atoms with E-state index in [1.54, 1.807) is 4.57 Å². The van der Waals surface area contributed by atoms with E-state index in [2.05, 4.69) is 15.3 Å². The van der Waals surface area contributed by atoms with E-state index in [1.165, 1.54) is 24.8 Å². The Morgan fingerprint density at radius 2 is 2.35 bits per heavy atom. The minimum Gasteiger partial charge on any atom is -0.476 e. The van der Waals surface area contributed by atoms with Crippen molar-refractivity contribution in [1.29, 1.82) is 5.26 Å². The molecule has 2 aromatic rings. The van der Waals surface area contributed by atoms with E-state index in [-0.39, 0.29) is 10.7 Å². The molecule has 0 saturated heterocycles. The van der Waals surface area contributed by atoms with Gasteiger partial charge in [0.1, 0.15) is 16.9 Å². The lowest BCUT2D eigenvalue weighted by Gasteiger charge is -2.08. The van der Waals surface area contributed by atoms with Crippen LogP contribution < -0.4 is 5.32 Å². The Morgan fingerprint density at radius 3 is 3.00 bits per heavy atom. The summed E-state index contributed by atoms with van der Waals surface area (Å²) in [5, 5.41) is 20.8. The molecule has 0 bridgehead atoms. The summed E-state index contributed by atoms with van der Waals surface area (Å²) in [5.41, 5.74) is 0.340. The van der Waals surface area contributed by atoms with Crippen LogP contribution in [0.3, 0.4) is 0 Å². The SMILES string of the molecule is N#Cc1ccnc(NCCn2cnc(C(=O)O)c2)c1Cl. The highest BCUT2D eigenvalue weighted by Gasteiger charge is 2.08. The molecule has 2 rings (SSSR count). The summed E-state index contributed by atoms with van der Waals surface area (Å²) in [6.45, 7) is 0.964. The number of aromatic nitrogens is 3. The standard InChI is InChI=1S/C12H10ClN5O2/c13-10-8(5-14)1-2-15-11(10)16-3-4-18-6-9(12(19)20)17-7-18/h1-2,6-7H,3-4H2,(H,15,16)(H,19,20). The first kappa shape index (κ1) is 13.8. The van der Waals surface area contributed by atoms with Gasteiger partial charge in [0.25, 0.3) is 0 Å². The summed E-state index contributed by atoms with van der Waals surface area (Å²) >= 11 is 5.99. The molecule has 0 radical (unpaired) electrons. The first-order valence-corrected chi connectivity index (χ1v) is 6.03. The van der Waals surface area contributed by atoms with Crippen molar-refractivity contribution in [3.05, 3.63) is 41.1 Å². The molecular weight excluding hydrogens is 282 g/mol. The van der Waals surface area contributed by atoms with Crippen molar-refractivity contribution in [2.45, 2.75) is 6.54 Å². The number of nitriles is 1. The Kier molecular flexibility index (Phi) is 4.17. The third-order valence-electron chi connectivity index (χ3n) is 2.52. The van der Waals surface area contributed by atoms with Crippen molar-refractivity contribution in [3.8, 4) is 6.07 Å². The number of halogens is 1. The molecule has 102 valence electrons. The number of carboxylic acid groups (broad SMARTS) is 1. The number of nitrogens with one attached hydrogen (secondary N) is 1. The molecule has 20 heavy (non-hydrogen) atoms. The highest BCUT2D eigenvalue weighted by atomic mass is 35.5. The van der Waals surface area contributed by atoms with Gasteiger partial charge in [0, 0.05) is 25.5 Å². The Bertz CT molecular complexity index is 677. The summed E-state index contributed by atoms with van der Waals surface area (Å²) in [6, 6.07) is 3.50. The van der Waals surface area contributed by atoms with Gasteiger partial charge >= 0.3 is 5.97 Å². The van der Waals surface area contributed by atoms with Gasteiger partial charge in [-0.15, -0.1) is 0 Å². The fourth-order valence-electron chi connectivity index (χ4n) is 1.55. The maximum absolute atomic E-state index is 10.7. The average molecular weight is 292 g/mol. The normalized spacial score (nSPS) is 10.0. The molecule has 2 N–H and O–H groups in total. The first-order chi connectivity index (χ1) is 9.61. The summed E-state index contributed by atoms with van der Waals surface area (Å²) in [6.07, 6.45) is 4.36. The summed E-state index contributed by atoms with van der Waals surface area (Å²) in [5.74, 6) is -0.646. The molecule has 0 unspecified atom stereocenters. The number of imidazole rings is 1. The first-order valence-electron chi connectivity index (χ1n) is 5.65. The van der Waals surface area contributed by atoms with E-state index in [0.29, 0.717) is 24.5 Å². The van der Waals surface area contributed by atoms with Crippen molar-refractivity contribution in [2.75, 3.05) is 11.9 Å². The number of hydrogen-bond acceptors (Lipinski definition) is 5. The van der Waals surface area contributed by atoms with E-state index in [4.69, 9.17) is 22.0 Å². The van der Waals surface area contributed by atoms with Crippen molar-refractivity contribution < 1.29 is 9.90 Å². The van der Waals surface area contributed by atoms with E-state index in [9.17, 15) is 4.79 Å². The van der Waals surface area contributed by atoms with Crippen molar-refractivity contribution >= 4 is 23.4 Å². The number of rotatable bonds is 5. The molecule has 2 heterocycles. The van der Waals surface area contributed by atoms with Gasteiger partial charge in [-0.25, -0.2) is 14.8 Å². The zero-order chi connectivity index (χ0) is 14.5. The number of carboxylic acids is 1. The van der Waals surface area contributed by atoms with Crippen LogP contribution >= 0.6 is 11.6 Å². The number of carbonyl (C=O) groups is 1. The molecule has 0 spiro atoms. The molecule has 2 aromatic heterocycles. The van der Waals surface area contributed by atoms with Gasteiger partial charge in [-0.05, 0) is 6.07 Å². The summed E-state index contributed by atoms with van der Waals surface area (Å²) < 4.78 is 1.64. The maximum Gasteiger partial charge on any atom is 0.356 e. The lowest BCUT2D eigenvalue weighted by molar-refractivity contribution is 0.0691. The largest absolute Gasteiger partial charge is 0.476 e. The van der Waals surface area contributed by atoms with Crippen LogP contribution in [-0.4, -0.2) is 32.2 Å². The van der Waals surface area contributed by atoms with Gasteiger partial charge in [0.2, 0.25) is 0 Å². The van der Waals surface area contributed by atoms with Crippen molar-refractivity contribution in [1.82, 2.24) is 14.5 Å². The van der Waals surface area contributed by atoms with Gasteiger partial charge in [-0.1, -0.05) is 11.6 Å². The molecule has 7 nitrogen and oxygen atoms in total. The van der Waals surface area contributed by atoms with Gasteiger partial charge in [-0.2, -0.15) is 5.26 Å². The summed E-state index contributed by atoms with van der Waals surface area (Å²) in [4.78, 5) is 18.5. The molecule has 0 atom stereocenters. The van der Waals surface area contributed by atoms with E-state index in [1.807, 2.05) is 6.07 Å². The maximum atomic E-state index is 10.7. The quantitative estimate of drug-likeness (QED) is 0.867. The highest BCUT2D eigenvalue weighted by Crippen LogP contribution is 2.22. The second-order valence-electron chi connectivity index (χ2n) is 3.86. The molecule has 0 aliphatic rings. The van der Waals surface area contributed by atoms with Gasteiger partial charge < -0.3 is 15.0 Å². The number of anilines is 1. The van der Waals surface area contributed by atoms with Crippen LogP contribution in [0, 0.1) is 11.3 Å². The second kappa shape index (κ2) is 6.04. The average Bonchev–Trinajstić information content (AvgIpc) is 2.90. The van der Waals surface area contributed by atoms with Crippen LogP contribution in [0.5, 0.6) is 0 Å². The van der Waals surface area contributed by atoms with Gasteiger partial charge in [0.15, 0.2) is 5.69 Å². The molecule has 0 amide bonds. The topological polar surface area (TPSA) is 104 Å². The van der Waals surface area contributed by atoms with Crippen LogP contribution in [0.25, 0.3) is 0 Å². The van der Waals surface area contributed by atoms with Crippen LogP contribution in [0.15, 0.2) is 24.8 Å². The van der Waals surface area contributed by atoms with Crippen LogP contribution in [0.1, 0.15) is 16.1 Å². The second-order valence-corrected chi connectivity index (χ2v) is 4.24. The van der Waals surface area contributed by atoms with Gasteiger partial charge in [0.05, 0.1) is 11.9 Å². The minimum absolute atomic E-state index is 0.00682. The van der Waals surface area contributed by atoms with E-state index >= 15 is 0 Å². The number of aromatic carboxylic acids is 1. The Hall–Kier alpha value is -2.59. The monoisotopic (exact) mass is 291 g/mol. The van der Waals surface area contributed by atoms with Crippen molar-refractivity contribution in [3.63, 3.8) is 0 Å². The fourth-order valence-corrected chi connectivity index (χ4v) is 1.77. The van der Waals surface area contributed by atoms with Crippen LogP contribution in [-0.2, 0) is 6.54 Å². The van der Waals surface area contributed by atoms with E-state index in [0.717, 1.165) is 0 Å². The lowest BCUT2D eigenvalue weighted by atomic mass is 10.3. The zero-order valence-electron chi connectivity index (χ0n) is 10.2. The van der Waals surface area contributed by atoms with Crippen molar-refractivity contribution in [2.24, 2.45) is 0 Å². The Balaban J connectivity index is 1.96. The van der Waals surface area contributed by atoms with Gasteiger partial charge in [-0.3, -0.25) is 0 Å². The molecule has 0 aliphatic heterocycles. The predicted octanol–water partition coefficient (Wildman–Crippen LogP) is 1.61. The van der Waals surface area contributed by atoms with Crippen LogP contribution in [0.2, 0.25) is 5.02 Å². The molecule has 0 aliphatic carbocycles. The molecular formula is C12H10ClN5O2. The molecule has 8 heteroatoms.